The average molecular weight is 532 g/mol. The number of ether oxygens (including phenoxy) is 1. The van der Waals surface area contributed by atoms with Gasteiger partial charge in [0.1, 0.15) is 6.61 Å². The van der Waals surface area contributed by atoms with Gasteiger partial charge in [-0.3, -0.25) is 0 Å². The number of urea groups is 1. The van der Waals surface area contributed by atoms with Crippen molar-refractivity contribution in [1.29, 1.82) is 0 Å². The fourth-order valence-electron chi connectivity index (χ4n) is 3.89. The highest BCUT2D eigenvalue weighted by Gasteiger charge is 2.38. The Balaban J connectivity index is 1.84. The van der Waals surface area contributed by atoms with E-state index in [4.69, 9.17) is 9.16 Å². The Labute approximate surface area is 215 Å². The third-order valence-corrected chi connectivity index (χ3v) is 11.8. The normalized spacial score (nSPS) is 14.6. The molecule has 1 heterocycles. The predicted molar refractivity (Wildman–Crippen MR) is 146 cm³/mol. The zero-order valence-electron chi connectivity index (χ0n) is 22.0. The Morgan fingerprint density at radius 1 is 1.25 bits per heavy atom. The van der Waals surface area contributed by atoms with Crippen LogP contribution in [-0.2, 0) is 27.3 Å². The quantitative estimate of drug-likeness (QED) is 0.337. The Morgan fingerprint density at radius 2 is 1.97 bits per heavy atom. The summed E-state index contributed by atoms with van der Waals surface area (Å²) in [6.07, 6.45) is 6.78. The van der Waals surface area contributed by atoms with E-state index < -0.39 is 24.4 Å². The molecule has 0 fully saturated rings. The summed E-state index contributed by atoms with van der Waals surface area (Å²) in [4.78, 5) is 16.8. The van der Waals surface area contributed by atoms with Crippen molar-refractivity contribution in [3.05, 3.63) is 54.2 Å². The summed E-state index contributed by atoms with van der Waals surface area (Å²) in [5, 5.41) is 2.83. The number of fused-ring (bicyclic) bond motifs is 1. The van der Waals surface area contributed by atoms with Crippen LogP contribution in [0.3, 0.4) is 0 Å². The Kier molecular flexibility index (Phi) is 8.32. The van der Waals surface area contributed by atoms with Gasteiger partial charge in [0.05, 0.1) is 18.0 Å². The molecule has 0 aliphatic heterocycles. The van der Waals surface area contributed by atoms with E-state index in [-0.39, 0.29) is 17.7 Å². The number of pyridine rings is 1. The molecular weight excluding hydrogens is 494 g/mol. The van der Waals surface area contributed by atoms with Gasteiger partial charge in [-0.2, -0.15) is 0 Å². The molecule has 0 bridgehead atoms. The number of aromatic nitrogens is 1. The second-order valence-corrected chi connectivity index (χ2v) is 17.2. The van der Waals surface area contributed by atoms with E-state index in [0.29, 0.717) is 11.6 Å². The minimum atomic E-state index is -3.69. The number of hydrogen-bond acceptors (Lipinski definition) is 6. The second kappa shape index (κ2) is 10.7. The zero-order chi connectivity index (χ0) is 26.7. The molecule has 1 unspecified atom stereocenters. The largest absolute Gasteiger partial charge is 0.475 e. The number of rotatable bonds is 9. The van der Waals surface area contributed by atoms with E-state index in [1.807, 2.05) is 22.9 Å². The number of nitrogens with zero attached hydrogens (tertiary/aromatic N) is 1. The van der Waals surface area contributed by atoms with Crippen LogP contribution in [0.5, 0.6) is 5.88 Å². The van der Waals surface area contributed by atoms with Gasteiger partial charge < -0.3 is 14.5 Å². The van der Waals surface area contributed by atoms with E-state index in [1.165, 1.54) is 0 Å². The molecule has 2 amide bonds. The van der Waals surface area contributed by atoms with E-state index >= 15 is 0 Å². The molecular formula is C26H37N3O5SSi. The third kappa shape index (κ3) is 6.95. The van der Waals surface area contributed by atoms with Crippen LogP contribution in [0.1, 0.15) is 38.3 Å². The summed E-state index contributed by atoms with van der Waals surface area (Å²) >= 11 is 0. The molecule has 2 N–H and O–H groups in total. The van der Waals surface area contributed by atoms with Gasteiger partial charge in [0, 0.05) is 17.8 Å². The number of aryl methyl sites for hydroxylation is 1. The number of amides is 2. The fourth-order valence-corrected chi connectivity index (χ4v) is 5.55. The first-order valence-electron chi connectivity index (χ1n) is 12.0. The van der Waals surface area contributed by atoms with Crippen LogP contribution in [0.4, 0.5) is 10.5 Å². The monoisotopic (exact) mass is 531 g/mol. The van der Waals surface area contributed by atoms with E-state index in [2.05, 4.69) is 56.8 Å². The topological polar surface area (TPSA) is 107 Å². The van der Waals surface area contributed by atoms with Crippen LogP contribution in [0.2, 0.25) is 18.1 Å². The molecule has 3 rings (SSSR count). The lowest BCUT2D eigenvalue weighted by atomic mass is 9.98. The number of hydrogen-bond donors (Lipinski definition) is 2. The van der Waals surface area contributed by atoms with Gasteiger partial charge in [0.25, 0.3) is 0 Å². The fraction of sp³-hybridized carbons (Fsp3) is 0.462. The van der Waals surface area contributed by atoms with Crippen LogP contribution in [0.15, 0.2) is 43.1 Å². The highest BCUT2D eigenvalue weighted by atomic mass is 32.2. The highest BCUT2D eigenvalue weighted by Crippen LogP contribution is 2.39. The summed E-state index contributed by atoms with van der Waals surface area (Å²) < 4.78 is 37.5. The number of anilines is 1. The Bertz CT molecular complexity index is 1240. The summed E-state index contributed by atoms with van der Waals surface area (Å²) in [6, 6.07) is 6.84. The lowest BCUT2D eigenvalue weighted by Crippen LogP contribution is -2.44. The van der Waals surface area contributed by atoms with E-state index in [9.17, 15) is 13.2 Å². The molecule has 196 valence electrons. The van der Waals surface area contributed by atoms with Crippen molar-refractivity contribution in [3.63, 3.8) is 0 Å². The summed E-state index contributed by atoms with van der Waals surface area (Å²) in [7, 11) is -5.69. The lowest BCUT2D eigenvalue weighted by Gasteiger charge is -2.38. The Morgan fingerprint density at radius 3 is 2.61 bits per heavy atom. The molecule has 1 atom stereocenters. The van der Waals surface area contributed by atoms with Gasteiger partial charge in [-0.05, 0) is 60.2 Å². The third-order valence-electron chi connectivity index (χ3n) is 6.76. The maximum Gasteiger partial charge on any atom is 0.332 e. The molecule has 8 nitrogen and oxygen atoms in total. The van der Waals surface area contributed by atoms with Crippen molar-refractivity contribution in [1.82, 2.24) is 9.71 Å². The summed E-state index contributed by atoms with van der Waals surface area (Å²) in [5.74, 6) is 0.421. The lowest BCUT2D eigenvalue weighted by molar-refractivity contribution is 0.147. The molecule has 1 aromatic carbocycles. The van der Waals surface area contributed by atoms with Gasteiger partial charge in [-0.15, -0.1) is 6.58 Å². The van der Waals surface area contributed by atoms with Gasteiger partial charge >= 0.3 is 6.03 Å². The summed E-state index contributed by atoms with van der Waals surface area (Å²) in [5.41, 5.74) is 4.34. The van der Waals surface area contributed by atoms with Crippen molar-refractivity contribution >= 4 is 30.1 Å². The van der Waals surface area contributed by atoms with Crippen molar-refractivity contribution in [3.8, 4) is 17.0 Å². The second-order valence-electron chi connectivity index (χ2n) is 10.7. The first-order valence-corrected chi connectivity index (χ1v) is 16.8. The Hall–Kier alpha value is -2.69. The van der Waals surface area contributed by atoms with Crippen molar-refractivity contribution < 1.29 is 22.4 Å². The number of carbonyl (C=O) groups excluding carboxylic acids is 1. The van der Waals surface area contributed by atoms with Crippen molar-refractivity contribution in [2.75, 3.05) is 18.2 Å². The van der Waals surface area contributed by atoms with Gasteiger partial charge in [-0.1, -0.05) is 39.0 Å². The van der Waals surface area contributed by atoms with Crippen LogP contribution in [0, 0.1) is 0 Å². The van der Waals surface area contributed by atoms with Crippen LogP contribution >= 0.6 is 0 Å². The SMILES string of the molecule is C=CC(COc1cc(-c2ccc3c(c2NC(=O)NS(C)(=O)=O)CCC3)ccn1)O[Si](C)(C)C(C)(C)C. The van der Waals surface area contributed by atoms with Gasteiger partial charge in [0.15, 0.2) is 8.32 Å². The zero-order valence-corrected chi connectivity index (χ0v) is 23.8. The number of sulfonamides is 1. The standard InChI is InChI=1S/C26H37N3O5SSi/c1-8-20(34-36(6,7)26(2,3)4)17-33-23-16-19(14-15-27-23)22-13-12-18-10-9-11-21(18)24(22)28-25(30)29-35(5,31)32/h8,12-16,20H,1,9-11,17H2,2-7H3,(H2,28,29,30). The molecule has 0 spiro atoms. The van der Waals surface area contributed by atoms with Gasteiger partial charge in [-0.25, -0.2) is 22.9 Å². The first kappa shape index (κ1) is 27.9. The molecule has 2 aromatic rings. The molecule has 0 radical (unpaired) electrons. The minimum Gasteiger partial charge on any atom is -0.475 e. The molecule has 36 heavy (non-hydrogen) atoms. The number of carbonyl (C=O) groups is 1. The van der Waals surface area contributed by atoms with Crippen LogP contribution < -0.4 is 14.8 Å². The smallest absolute Gasteiger partial charge is 0.332 e. The van der Waals surface area contributed by atoms with Gasteiger partial charge in [0.2, 0.25) is 15.9 Å². The van der Waals surface area contributed by atoms with E-state index in [1.54, 1.807) is 12.3 Å². The minimum absolute atomic E-state index is 0.0623. The molecule has 0 saturated heterocycles. The highest BCUT2D eigenvalue weighted by molar-refractivity contribution is 7.89. The molecule has 10 heteroatoms. The number of benzene rings is 1. The average Bonchev–Trinajstić information content (AvgIpc) is 3.24. The first-order chi connectivity index (χ1) is 16.7. The molecule has 1 aliphatic carbocycles. The molecule has 1 aliphatic rings. The van der Waals surface area contributed by atoms with E-state index in [0.717, 1.165) is 47.8 Å². The van der Waals surface area contributed by atoms with Crippen molar-refractivity contribution in [2.24, 2.45) is 0 Å². The van der Waals surface area contributed by atoms with Crippen molar-refractivity contribution in [2.45, 2.75) is 64.3 Å². The van der Waals surface area contributed by atoms with Crippen LogP contribution in [-0.4, -0.2) is 46.7 Å². The predicted octanol–water partition coefficient (Wildman–Crippen LogP) is 5.27. The number of nitrogens with one attached hydrogen (secondary N) is 2. The maximum atomic E-state index is 12.4. The molecule has 0 saturated carbocycles. The van der Waals surface area contributed by atoms with Crippen LogP contribution in [0.25, 0.3) is 11.1 Å². The summed E-state index contributed by atoms with van der Waals surface area (Å²) in [6.45, 7) is 15.1. The molecule has 1 aromatic heterocycles. The maximum absolute atomic E-state index is 12.4.